The maximum Gasteiger partial charge on any atom is 0.0624 e. The minimum absolute atomic E-state index is 0.250. The molecule has 1 unspecified atom stereocenters. The van der Waals surface area contributed by atoms with Crippen LogP contribution in [0, 0.1) is 0 Å². The first-order valence-corrected chi connectivity index (χ1v) is 5.23. The standard InChI is InChI=1S/C10H17ClN2/c1-4-9-7-10(13(3)12-9)6-5-8(2)11/h7-8H,4-6H2,1-3H3. The third-order valence-electron chi connectivity index (χ3n) is 2.19. The lowest BCUT2D eigenvalue weighted by Crippen LogP contribution is -2.01. The van der Waals surface area contributed by atoms with E-state index in [-0.39, 0.29) is 5.38 Å². The summed E-state index contributed by atoms with van der Waals surface area (Å²) in [5, 5.41) is 4.63. The smallest absolute Gasteiger partial charge is 0.0624 e. The van der Waals surface area contributed by atoms with Gasteiger partial charge in [0.05, 0.1) is 5.69 Å². The van der Waals surface area contributed by atoms with Crippen LogP contribution in [0.1, 0.15) is 31.7 Å². The SMILES string of the molecule is CCc1cc(CCC(C)Cl)n(C)n1. The van der Waals surface area contributed by atoms with Crippen LogP contribution in [0.4, 0.5) is 0 Å². The topological polar surface area (TPSA) is 17.8 Å². The van der Waals surface area contributed by atoms with Gasteiger partial charge in [-0.3, -0.25) is 4.68 Å². The largest absolute Gasteiger partial charge is 0.272 e. The number of rotatable bonds is 4. The first kappa shape index (κ1) is 10.6. The molecule has 0 aromatic carbocycles. The lowest BCUT2D eigenvalue weighted by Gasteiger charge is -2.02. The number of alkyl halides is 1. The molecule has 1 rings (SSSR count). The predicted molar refractivity (Wildman–Crippen MR) is 56.2 cm³/mol. The summed E-state index contributed by atoms with van der Waals surface area (Å²) in [4.78, 5) is 0. The van der Waals surface area contributed by atoms with Crippen LogP contribution in [0.2, 0.25) is 0 Å². The van der Waals surface area contributed by atoms with Crippen LogP contribution in [0.25, 0.3) is 0 Å². The molecule has 1 heterocycles. The third-order valence-corrected chi connectivity index (χ3v) is 2.41. The summed E-state index contributed by atoms with van der Waals surface area (Å²) in [6.45, 7) is 4.15. The van der Waals surface area contributed by atoms with Crippen molar-refractivity contribution in [1.82, 2.24) is 9.78 Å². The molecule has 0 aliphatic heterocycles. The van der Waals surface area contributed by atoms with Gasteiger partial charge in [0.25, 0.3) is 0 Å². The Balaban J connectivity index is 2.60. The van der Waals surface area contributed by atoms with Gasteiger partial charge < -0.3 is 0 Å². The van der Waals surface area contributed by atoms with Crippen molar-refractivity contribution < 1.29 is 0 Å². The zero-order chi connectivity index (χ0) is 9.84. The molecule has 1 aromatic rings. The maximum absolute atomic E-state index is 5.89. The fourth-order valence-corrected chi connectivity index (χ4v) is 1.43. The highest BCUT2D eigenvalue weighted by atomic mass is 35.5. The lowest BCUT2D eigenvalue weighted by molar-refractivity contribution is 0.672. The number of hydrogen-bond acceptors (Lipinski definition) is 1. The van der Waals surface area contributed by atoms with E-state index in [0.717, 1.165) is 19.3 Å². The molecule has 0 N–H and O–H groups in total. The van der Waals surface area contributed by atoms with Gasteiger partial charge in [0.2, 0.25) is 0 Å². The molecule has 2 nitrogen and oxygen atoms in total. The molecule has 3 heteroatoms. The molecule has 0 bridgehead atoms. The van der Waals surface area contributed by atoms with Crippen LogP contribution in [0.15, 0.2) is 6.07 Å². The van der Waals surface area contributed by atoms with Gasteiger partial charge >= 0.3 is 0 Å². The Morgan fingerprint density at radius 1 is 1.62 bits per heavy atom. The van der Waals surface area contributed by atoms with Crippen LogP contribution < -0.4 is 0 Å². The number of aromatic nitrogens is 2. The van der Waals surface area contributed by atoms with Gasteiger partial charge in [-0.15, -0.1) is 11.6 Å². The Morgan fingerprint density at radius 3 is 2.77 bits per heavy atom. The normalized spacial score (nSPS) is 13.2. The van der Waals surface area contributed by atoms with Gasteiger partial charge in [-0.05, 0) is 32.3 Å². The maximum atomic E-state index is 5.89. The molecule has 0 aliphatic rings. The van der Waals surface area contributed by atoms with Crippen molar-refractivity contribution in [1.29, 1.82) is 0 Å². The second-order valence-corrected chi connectivity index (χ2v) is 4.17. The molecule has 0 aliphatic carbocycles. The van der Waals surface area contributed by atoms with Crippen molar-refractivity contribution >= 4 is 11.6 Å². The molecule has 13 heavy (non-hydrogen) atoms. The highest BCUT2D eigenvalue weighted by Gasteiger charge is 2.04. The summed E-state index contributed by atoms with van der Waals surface area (Å²) < 4.78 is 1.96. The fraction of sp³-hybridized carbons (Fsp3) is 0.700. The predicted octanol–water partition coefficient (Wildman–Crippen LogP) is 2.54. The summed E-state index contributed by atoms with van der Waals surface area (Å²) in [5.41, 5.74) is 2.45. The highest BCUT2D eigenvalue weighted by Crippen LogP contribution is 2.10. The summed E-state index contributed by atoms with van der Waals surface area (Å²) >= 11 is 5.89. The molecule has 1 aromatic heterocycles. The Labute approximate surface area is 84.9 Å². The lowest BCUT2D eigenvalue weighted by atomic mass is 10.2. The van der Waals surface area contributed by atoms with E-state index in [9.17, 15) is 0 Å². The van der Waals surface area contributed by atoms with Crippen LogP contribution in [-0.2, 0) is 19.9 Å². The monoisotopic (exact) mass is 200 g/mol. The summed E-state index contributed by atoms with van der Waals surface area (Å²) in [5.74, 6) is 0. The van der Waals surface area contributed by atoms with Crippen molar-refractivity contribution in [2.45, 2.75) is 38.5 Å². The molecule has 0 fully saturated rings. The molecule has 74 valence electrons. The third kappa shape index (κ3) is 3.03. The summed E-state index contributed by atoms with van der Waals surface area (Å²) in [7, 11) is 1.99. The van der Waals surface area contributed by atoms with Gasteiger partial charge in [-0.25, -0.2) is 0 Å². The van der Waals surface area contributed by atoms with Crippen molar-refractivity contribution in [3.63, 3.8) is 0 Å². The van der Waals surface area contributed by atoms with Crippen LogP contribution in [-0.4, -0.2) is 15.2 Å². The number of halogens is 1. The van der Waals surface area contributed by atoms with Gasteiger partial charge in [0.15, 0.2) is 0 Å². The number of aryl methyl sites for hydroxylation is 3. The molecular formula is C10H17ClN2. The van der Waals surface area contributed by atoms with Gasteiger partial charge in [-0.2, -0.15) is 5.10 Å². The molecule has 0 spiro atoms. The van der Waals surface area contributed by atoms with Gasteiger partial charge in [0.1, 0.15) is 0 Å². The molecule has 0 saturated carbocycles. The molecule has 1 atom stereocenters. The van der Waals surface area contributed by atoms with E-state index < -0.39 is 0 Å². The molecule has 0 radical (unpaired) electrons. The fourth-order valence-electron chi connectivity index (χ4n) is 1.33. The van der Waals surface area contributed by atoms with E-state index in [4.69, 9.17) is 11.6 Å². The van der Waals surface area contributed by atoms with E-state index in [1.807, 2.05) is 18.7 Å². The first-order valence-electron chi connectivity index (χ1n) is 4.79. The molecular weight excluding hydrogens is 184 g/mol. The second-order valence-electron chi connectivity index (χ2n) is 3.42. The van der Waals surface area contributed by atoms with Crippen LogP contribution in [0.5, 0.6) is 0 Å². The van der Waals surface area contributed by atoms with Crippen molar-refractivity contribution in [2.24, 2.45) is 7.05 Å². The Morgan fingerprint density at radius 2 is 2.31 bits per heavy atom. The zero-order valence-electron chi connectivity index (χ0n) is 8.55. The van der Waals surface area contributed by atoms with Crippen LogP contribution >= 0.6 is 11.6 Å². The molecule has 0 amide bonds. The quantitative estimate of drug-likeness (QED) is 0.684. The van der Waals surface area contributed by atoms with Gasteiger partial charge in [0, 0.05) is 18.1 Å². The van der Waals surface area contributed by atoms with E-state index in [1.165, 1.54) is 11.4 Å². The van der Waals surface area contributed by atoms with Gasteiger partial charge in [-0.1, -0.05) is 6.92 Å². The van der Waals surface area contributed by atoms with Crippen LogP contribution in [0.3, 0.4) is 0 Å². The van der Waals surface area contributed by atoms with Crippen molar-refractivity contribution in [2.75, 3.05) is 0 Å². The first-order chi connectivity index (χ1) is 6.13. The van der Waals surface area contributed by atoms with Crippen molar-refractivity contribution in [3.05, 3.63) is 17.5 Å². The summed E-state index contributed by atoms with van der Waals surface area (Å²) in [6.07, 6.45) is 3.04. The minimum Gasteiger partial charge on any atom is -0.272 e. The number of nitrogens with zero attached hydrogens (tertiary/aromatic N) is 2. The van der Waals surface area contributed by atoms with E-state index in [0.29, 0.717) is 0 Å². The number of hydrogen-bond donors (Lipinski definition) is 0. The zero-order valence-corrected chi connectivity index (χ0v) is 9.30. The average Bonchev–Trinajstić information content (AvgIpc) is 2.43. The second kappa shape index (κ2) is 4.66. The minimum atomic E-state index is 0.250. The molecule has 0 saturated heterocycles. The van der Waals surface area contributed by atoms with E-state index in [1.54, 1.807) is 0 Å². The van der Waals surface area contributed by atoms with E-state index >= 15 is 0 Å². The Hall–Kier alpha value is -0.500. The average molecular weight is 201 g/mol. The Bertz CT molecular complexity index is 266. The Kier molecular flexibility index (Phi) is 3.79. The van der Waals surface area contributed by atoms with E-state index in [2.05, 4.69) is 18.1 Å². The van der Waals surface area contributed by atoms with Crippen molar-refractivity contribution in [3.8, 4) is 0 Å². The highest BCUT2D eigenvalue weighted by molar-refractivity contribution is 6.20. The summed E-state index contributed by atoms with van der Waals surface area (Å²) in [6, 6.07) is 2.17.